The molecular weight excluding hydrogens is 398 g/mol. The summed E-state index contributed by atoms with van der Waals surface area (Å²) in [5.74, 6) is -0.651. The van der Waals surface area contributed by atoms with E-state index in [2.05, 4.69) is 5.32 Å². The van der Waals surface area contributed by atoms with Gasteiger partial charge in [0.05, 0.1) is 4.92 Å². The van der Waals surface area contributed by atoms with E-state index in [1.165, 1.54) is 18.2 Å². The molecule has 0 aliphatic carbocycles. The fourth-order valence-corrected chi connectivity index (χ4v) is 2.92. The van der Waals surface area contributed by atoms with Crippen LogP contribution < -0.4 is 15.8 Å². The van der Waals surface area contributed by atoms with E-state index >= 15 is 0 Å². The Morgan fingerprint density at radius 2 is 1.68 bits per heavy atom. The Morgan fingerprint density at radius 3 is 2.32 bits per heavy atom. The first kappa shape index (κ1) is 21.5. The highest BCUT2D eigenvalue weighted by Gasteiger charge is 2.20. The standard InChI is InChI=1S/C23H21N3O5/c24-22(27)21(25-23(28)18-7-4-8-19(14-18)26(29)30)13-16-9-11-20(12-10-16)31-15-17-5-2-1-3-6-17/h1-12,14,21H,13,15H2,(H2,24,27)(H,25,28)/t21-/m1/s1. The van der Waals surface area contributed by atoms with Crippen molar-refractivity contribution in [2.75, 3.05) is 0 Å². The number of ether oxygens (including phenoxy) is 1. The van der Waals surface area contributed by atoms with E-state index in [4.69, 9.17) is 10.5 Å². The van der Waals surface area contributed by atoms with Crippen molar-refractivity contribution in [2.45, 2.75) is 19.1 Å². The first-order valence-corrected chi connectivity index (χ1v) is 9.52. The molecule has 31 heavy (non-hydrogen) atoms. The molecule has 0 aliphatic rings. The fourth-order valence-electron chi connectivity index (χ4n) is 2.92. The molecule has 0 saturated carbocycles. The molecule has 3 rings (SSSR count). The van der Waals surface area contributed by atoms with Gasteiger partial charge in [-0.05, 0) is 29.3 Å². The van der Waals surface area contributed by atoms with Gasteiger partial charge in [0.1, 0.15) is 18.4 Å². The molecule has 158 valence electrons. The van der Waals surface area contributed by atoms with E-state index in [9.17, 15) is 19.7 Å². The maximum Gasteiger partial charge on any atom is 0.270 e. The summed E-state index contributed by atoms with van der Waals surface area (Å²) in [5.41, 5.74) is 7.12. The Balaban J connectivity index is 1.62. The molecule has 8 nitrogen and oxygen atoms in total. The summed E-state index contributed by atoms with van der Waals surface area (Å²) in [7, 11) is 0. The van der Waals surface area contributed by atoms with Gasteiger partial charge in [0.25, 0.3) is 11.6 Å². The van der Waals surface area contributed by atoms with E-state index in [1.54, 1.807) is 24.3 Å². The number of amides is 2. The molecule has 0 spiro atoms. The van der Waals surface area contributed by atoms with Gasteiger partial charge in [0.2, 0.25) is 5.91 Å². The number of nitrogens with two attached hydrogens (primary N) is 1. The van der Waals surface area contributed by atoms with Crippen LogP contribution in [-0.2, 0) is 17.8 Å². The van der Waals surface area contributed by atoms with Gasteiger partial charge < -0.3 is 15.8 Å². The highest BCUT2D eigenvalue weighted by molar-refractivity contribution is 5.97. The summed E-state index contributed by atoms with van der Waals surface area (Å²) in [6, 6.07) is 21.2. The first-order chi connectivity index (χ1) is 14.9. The number of nitrogens with zero attached hydrogens (tertiary/aromatic N) is 1. The molecule has 2 amide bonds. The number of rotatable bonds is 9. The van der Waals surface area contributed by atoms with Crippen LogP contribution in [0, 0.1) is 10.1 Å². The van der Waals surface area contributed by atoms with Crippen molar-refractivity contribution in [3.8, 4) is 5.75 Å². The van der Waals surface area contributed by atoms with Crippen LogP contribution in [0.1, 0.15) is 21.5 Å². The minimum Gasteiger partial charge on any atom is -0.489 e. The van der Waals surface area contributed by atoms with Gasteiger partial charge in [-0.2, -0.15) is 0 Å². The number of primary amides is 1. The van der Waals surface area contributed by atoms with Crippen LogP contribution in [0.3, 0.4) is 0 Å². The predicted molar refractivity (Wildman–Crippen MR) is 114 cm³/mol. The zero-order valence-corrected chi connectivity index (χ0v) is 16.6. The molecule has 3 aromatic carbocycles. The van der Waals surface area contributed by atoms with Crippen molar-refractivity contribution in [3.05, 3.63) is 106 Å². The lowest BCUT2D eigenvalue weighted by Gasteiger charge is -2.16. The Labute approximate surface area is 178 Å². The predicted octanol–water partition coefficient (Wildman–Crippen LogP) is 3.00. The summed E-state index contributed by atoms with van der Waals surface area (Å²) < 4.78 is 5.74. The quantitative estimate of drug-likeness (QED) is 0.407. The lowest BCUT2D eigenvalue weighted by molar-refractivity contribution is -0.384. The van der Waals surface area contributed by atoms with Crippen molar-refractivity contribution < 1.29 is 19.2 Å². The topological polar surface area (TPSA) is 125 Å². The fraction of sp³-hybridized carbons (Fsp3) is 0.130. The van der Waals surface area contributed by atoms with Crippen LogP contribution in [0.25, 0.3) is 0 Å². The highest BCUT2D eigenvalue weighted by Crippen LogP contribution is 2.16. The molecule has 0 bridgehead atoms. The van der Waals surface area contributed by atoms with Crippen molar-refractivity contribution >= 4 is 17.5 Å². The highest BCUT2D eigenvalue weighted by atomic mass is 16.6. The number of nitrogens with one attached hydrogen (secondary N) is 1. The number of carbonyl (C=O) groups excluding carboxylic acids is 2. The van der Waals surface area contributed by atoms with Crippen LogP contribution in [0.2, 0.25) is 0 Å². The van der Waals surface area contributed by atoms with Gasteiger partial charge in [-0.3, -0.25) is 19.7 Å². The van der Waals surface area contributed by atoms with Crippen LogP contribution in [0.5, 0.6) is 5.75 Å². The smallest absolute Gasteiger partial charge is 0.270 e. The minimum absolute atomic E-state index is 0.0742. The maximum atomic E-state index is 12.4. The number of nitro groups is 1. The second-order valence-corrected chi connectivity index (χ2v) is 6.86. The second kappa shape index (κ2) is 10.0. The van der Waals surface area contributed by atoms with Gasteiger partial charge in [-0.25, -0.2) is 0 Å². The van der Waals surface area contributed by atoms with Gasteiger partial charge in [0.15, 0.2) is 0 Å². The molecular formula is C23H21N3O5. The van der Waals surface area contributed by atoms with Gasteiger partial charge in [-0.15, -0.1) is 0 Å². The van der Waals surface area contributed by atoms with E-state index in [0.29, 0.717) is 12.4 Å². The van der Waals surface area contributed by atoms with Crippen LogP contribution in [0.4, 0.5) is 5.69 Å². The molecule has 0 unspecified atom stereocenters. The van der Waals surface area contributed by atoms with Crippen LogP contribution >= 0.6 is 0 Å². The Morgan fingerprint density at radius 1 is 0.968 bits per heavy atom. The molecule has 0 aromatic heterocycles. The normalized spacial score (nSPS) is 11.4. The molecule has 3 aromatic rings. The lowest BCUT2D eigenvalue weighted by Crippen LogP contribution is -2.45. The van der Waals surface area contributed by atoms with Crippen molar-refractivity contribution in [1.82, 2.24) is 5.32 Å². The number of carbonyl (C=O) groups is 2. The van der Waals surface area contributed by atoms with E-state index in [0.717, 1.165) is 17.2 Å². The largest absolute Gasteiger partial charge is 0.489 e. The monoisotopic (exact) mass is 419 g/mol. The summed E-state index contributed by atoms with van der Waals surface area (Å²) in [6.45, 7) is 0.434. The number of nitro benzene ring substituents is 1. The molecule has 0 heterocycles. The zero-order chi connectivity index (χ0) is 22.2. The zero-order valence-electron chi connectivity index (χ0n) is 16.6. The molecule has 3 N–H and O–H groups in total. The van der Waals surface area contributed by atoms with Crippen molar-refractivity contribution in [1.29, 1.82) is 0 Å². The molecule has 0 saturated heterocycles. The number of non-ortho nitro benzene ring substituents is 1. The van der Waals surface area contributed by atoms with Crippen LogP contribution in [-0.4, -0.2) is 22.8 Å². The van der Waals surface area contributed by atoms with Crippen molar-refractivity contribution in [2.24, 2.45) is 5.73 Å². The average Bonchev–Trinajstić information content (AvgIpc) is 2.78. The Kier molecular flexibility index (Phi) is 6.95. The SMILES string of the molecule is NC(=O)[C@@H](Cc1ccc(OCc2ccccc2)cc1)NC(=O)c1cccc([N+](=O)[O-])c1. The number of hydrogen-bond donors (Lipinski definition) is 2. The third-order valence-electron chi connectivity index (χ3n) is 4.58. The molecule has 0 fully saturated rings. The molecule has 0 radical (unpaired) electrons. The molecule has 0 aliphatic heterocycles. The average molecular weight is 419 g/mol. The number of hydrogen-bond acceptors (Lipinski definition) is 5. The van der Waals surface area contributed by atoms with E-state index < -0.39 is 22.8 Å². The van der Waals surface area contributed by atoms with Crippen molar-refractivity contribution in [3.63, 3.8) is 0 Å². The summed E-state index contributed by atoms with van der Waals surface area (Å²) in [6.07, 6.45) is 0.176. The van der Waals surface area contributed by atoms with Gasteiger partial charge >= 0.3 is 0 Å². The molecule has 1 atom stereocenters. The molecule has 8 heteroatoms. The third-order valence-corrected chi connectivity index (χ3v) is 4.58. The lowest BCUT2D eigenvalue weighted by atomic mass is 10.0. The third kappa shape index (κ3) is 6.14. The van der Waals surface area contributed by atoms with E-state index in [1.807, 2.05) is 30.3 Å². The van der Waals surface area contributed by atoms with Gasteiger partial charge in [-0.1, -0.05) is 48.5 Å². The van der Waals surface area contributed by atoms with E-state index in [-0.39, 0.29) is 17.7 Å². The maximum absolute atomic E-state index is 12.4. The summed E-state index contributed by atoms with van der Waals surface area (Å²) >= 11 is 0. The number of benzene rings is 3. The Bertz CT molecular complexity index is 1070. The summed E-state index contributed by atoms with van der Waals surface area (Å²) in [4.78, 5) is 34.6. The van der Waals surface area contributed by atoms with Crippen LogP contribution in [0.15, 0.2) is 78.9 Å². The minimum atomic E-state index is -0.970. The first-order valence-electron chi connectivity index (χ1n) is 9.52. The van der Waals surface area contributed by atoms with Gasteiger partial charge in [0, 0.05) is 24.1 Å². The summed E-state index contributed by atoms with van der Waals surface area (Å²) in [5, 5.41) is 13.4. The Hall–Kier alpha value is -4.20. The second-order valence-electron chi connectivity index (χ2n) is 6.86.